The molecule has 0 aliphatic carbocycles. The van der Waals surface area contributed by atoms with E-state index in [4.69, 9.17) is 16.3 Å². The summed E-state index contributed by atoms with van der Waals surface area (Å²) in [6.07, 6.45) is 0.369. The summed E-state index contributed by atoms with van der Waals surface area (Å²) in [6.45, 7) is 0.632. The number of methoxy groups -OCH3 is 1. The number of carbonyl (C=O) groups is 2. The second-order valence-electron chi connectivity index (χ2n) is 6.86. The van der Waals surface area contributed by atoms with Crippen LogP contribution in [0, 0.1) is 0 Å². The van der Waals surface area contributed by atoms with Gasteiger partial charge in [0.25, 0.3) is 10.0 Å². The molecule has 8 nitrogen and oxygen atoms in total. The van der Waals surface area contributed by atoms with Gasteiger partial charge < -0.3 is 10.1 Å². The number of halogens is 1. The number of benzene rings is 2. The lowest BCUT2D eigenvalue weighted by Gasteiger charge is -2.16. The minimum Gasteiger partial charge on any atom is -0.385 e. The standard InChI is InChI=1S/C21H22ClN3O5S2/c1-30-13-5-12-25-20(27)18(14-19(26)23-16-10-8-15(22)9-11-16)31-21(25)24-32(28,29)17-6-3-2-4-7-17/h2-4,6-11,18H,5,12-14H2,1H3,(H,23,26)/b24-21+. The van der Waals surface area contributed by atoms with Gasteiger partial charge in [0.15, 0.2) is 5.17 Å². The molecule has 1 unspecified atom stereocenters. The van der Waals surface area contributed by atoms with Crippen molar-refractivity contribution in [3.8, 4) is 0 Å². The van der Waals surface area contributed by atoms with Crippen molar-refractivity contribution in [2.24, 2.45) is 4.40 Å². The van der Waals surface area contributed by atoms with E-state index in [9.17, 15) is 18.0 Å². The summed E-state index contributed by atoms with van der Waals surface area (Å²) in [5, 5.41) is 2.52. The third-order valence-corrected chi connectivity index (χ3v) is 7.31. The third-order valence-electron chi connectivity index (χ3n) is 4.49. The molecule has 1 saturated heterocycles. The van der Waals surface area contributed by atoms with Gasteiger partial charge in [0, 0.05) is 37.4 Å². The Morgan fingerprint density at radius 3 is 2.53 bits per heavy atom. The molecular weight excluding hydrogens is 474 g/mol. The van der Waals surface area contributed by atoms with Gasteiger partial charge in [0.2, 0.25) is 11.8 Å². The van der Waals surface area contributed by atoms with Crippen LogP contribution in [0.4, 0.5) is 5.69 Å². The number of hydrogen-bond acceptors (Lipinski definition) is 6. The normalized spacial score (nSPS) is 17.7. The summed E-state index contributed by atoms with van der Waals surface area (Å²) in [6, 6.07) is 14.4. The number of carbonyl (C=O) groups excluding carboxylic acids is 2. The molecule has 0 radical (unpaired) electrons. The highest BCUT2D eigenvalue weighted by Crippen LogP contribution is 2.31. The van der Waals surface area contributed by atoms with Crippen LogP contribution in [0.25, 0.3) is 0 Å². The molecule has 3 rings (SSSR count). The zero-order chi connectivity index (χ0) is 23.1. The number of sulfonamides is 1. The van der Waals surface area contributed by atoms with Crippen LogP contribution in [0.1, 0.15) is 12.8 Å². The summed E-state index contributed by atoms with van der Waals surface area (Å²) in [4.78, 5) is 26.8. The molecule has 1 atom stereocenters. The molecule has 2 aromatic rings. The number of nitrogens with zero attached hydrogens (tertiary/aromatic N) is 2. The van der Waals surface area contributed by atoms with Crippen LogP contribution in [0.5, 0.6) is 0 Å². The number of nitrogens with one attached hydrogen (secondary N) is 1. The molecule has 0 bridgehead atoms. The smallest absolute Gasteiger partial charge is 0.284 e. The SMILES string of the molecule is COCCCN1C(=O)C(CC(=O)Nc2ccc(Cl)cc2)S/C1=N/S(=O)(=O)c1ccccc1. The number of ether oxygens (including phenoxy) is 1. The summed E-state index contributed by atoms with van der Waals surface area (Å²) < 4.78 is 34.4. The lowest BCUT2D eigenvalue weighted by atomic mass is 10.2. The highest BCUT2D eigenvalue weighted by atomic mass is 35.5. The number of anilines is 1. The number of hydrogen-bond donors (Lipinski definition) is 1. The molecule has 0 saturated carbocycles. The monoisotopic (exact) mass is 495 g/mol. The Bertz CT molecular complexity index is 1090. The van der Waals surface area contributed by atoms with Gasteiger partial charge in [-0.1, -0.05) is 41.6 Å². The van der Waals surface area contributed by atoms with Gasteiger partial charge in [-0.05, 0) is 42.8 Å². The molecule has 0 aromatic heterocycles. The van der Waals surface area contributed by atoms with Crippen LogP contribution >= 0.6 is 23.4 Å². The zero-order valence-corrected chi connectivity index (χ0v) is 19.6. The van der Waals surface area contributed by atoms with Gasteiger partial charge in [0.05, 0.1) is 4.90 Å². The van der Waals surface area contributed by atoms with Gasteiger partial charge in [-0.25, -0.2) is 0 Å². The van der Waals surface area contributed by atoms with E-state index in [-0.39, 0.29) is 34.8 Å². The molecule has 1 fully saturated rings. The highest BCUT2D eigenvalue weighted by molar-refractivity contribution is 8.16. The first-order chi connectivity index (χ1) is 15.3. The molecular formula is C21H22ClN3O5S2. The van der Waals surface area contributed by atoms with Crippen molar-refractivity contribution in [2.75, 3.05) is 25.6 Å². The van der Waals surface area contributed by atoms with Crippen molar-refractivity contribution in [3.63, 3.8) is 0 Å². The fourth-order valence-electron chi connectivity index (χ4n) is 2.94. The van der Waals surface area contributed by atoms with Crippen LogP contribution in [0.3, 0.4) is 0 Å². The van der Waals surface area contributed by atoms with E-state index in [1.165, 1.54) is 17.0 Å². The fraction of sp³-hybridized carbons (Fsp3) is 0.286. The summed E-state index contributed by atoms with van der Waals surface area (Å²) in [7, 11) is -2.47. The summed E-state index contributed by atoms with van der Waals surface area (Å²) in [5.41, 5.74) is 0.548. The number of thioether (sulfide) groups is 1. The summed E-state index contributed by atoms with van der Waals surface area (Å²) in [5.74, 6) is -0.735. The van der Waals surface area contributed by atoms with E-state index in [0.29, 0.717) is 23.7 Å². The number of rotatable bonds is 9. The van der Waals surface area contributed by atoms with Gasteiger partial charge >= 0.3 is 0 Å². The van der Waals surface area contributed by atoms with Gasteiger partial charge in [0.1, 0.15) is 5.25 Å². The number of amidine groups is 1. The van der Waals surface area contributed by atoms with E-state index in [1.807, 2.05) is 0 Å². The van der Waals surface area contributed by atoms with E-state index < -0.39 is 15.3 Å². The van der Waals surface area contributed by atoms with Gasteiger partial charge in [-0.2, -0.15) is 8.42 Å². The predicted octanol–water partition coefficient (Wildman–Crippen LogP) is 3.39. The first kappa shape index (κ1) is 24.2. The van der Waals surface area contributed by atoms with Crippen LogP contribution in [-0.4, -0.2) is 55.8 Å². The van der Waals surface area contributed by atoms with E-state index in [0.717, 1.165) is 11.8 Å². The minimum atomic E-state index is -4.01. The van der Waals surface area contributed by atoms with Crippen LogP contribution in [0.2, 0.25) is 5.02 Å². The van der Waals surface area contributed by atoms with Crippen molar-refractivity contribution in [1.29, 1.82) is 0 Å². The Labute approximate surface area is 196 Å². The Kier molecular flexibility index (Phi) is 8.30. The van der Waals surface area contributed by atoms with Crippen molar-refractivity contribution >= 4 is 56.1 Å². The first-order valence-electron chi connectivity index (χ1n) is 9.72. The molecule has 32 heavy (non-hydrogen) atoms. The first-order valence-corrected chi connectivity index (χ1v) is 12.4. The Balaban J connectivity index is 1.77. The Morgan fingerprint density at radius 1 is 1.19 bits per heavy atom. The molecule has 1 heterocycles. The average molecular weight is 496 g/mol. The Hall–Kier alpha value is -2.40. The second-order valence-corrected chi connectivity index (χ2v) is 10.1. The van der Waals surface area contributed by atoms with Crippen molar-refractivity contribution in [3.05, 3.63) is 59.6 Å². The van der Waals surface area contributed by atoms with Gasteiger partial charge in [-0.3, -0.25) is 14.5 Å². The molecule has 1 N–H and O–H groups in total. The Morgan fingerprint density at radius 2 is 1.88 bits per heavy atom. The predicted molar refractivity (Wildman–Crippen MR) is 125 cm³/mol. The molecule has 11 heteroatoms. The average Bonchev–Trinajstić information content (AvgIpc) is 3.04. The highest BCUT2D eigenvalue weighted by Gasteiger charge is 2.40. The van der Waals surface area contributed by atoms with Crippen molar-refractivity contribution < 1.29 is 22.7 Å². The van der Waals surface area contributed by atoms with E-state index >= 15 is 0 Å². The van der Waals surface area contributed by atoms with Crippen LogP contribution in [0.15, 0.2) is 63.9 Å². The molecule has 1 aliphatic heterocycles. The summed E-state index contributed by atoms with van der Waals surface area (Å²) >= 11 is 6.82. The molecule has 0 spiro atoms. The van der Waals surface area contributed by atoms with Gasteiger partial charge in [-0.15, -0.1) is 4.40 Å². The van der Waals surface area contributed by atoms with Crippen LogP contribution < -0.4 is 5.32 Å². The largest absolute Gasteiger partial charge is 0.385 e. The van der Waals surface area contributed by atoms with Crippen LogP contribution in [-0.2, 0) is 24.3 Å². The lowest BCUT2D eigenvalue weighted by molar-refractivity contribution is -0.128. The van der Waals surface area contributed by atoms with Crippen molar-refractivity contribution in [2.45, 2.75) is 23.0 Å². The minimum absolute atomic E-state index is 0.0290. The quantitative estimate of drug-likeness (QED) is 0.534. The maximum atomic E-state index is 13.0. The molecule has 170 valence electrons. The lowest BCUT2D eigenvalue weighted by Crippen LogP contribution is -2.35. The maximum Gasteiger partial charge on any atom is 0.284 e. The molecule has 2 aromatic carbocycles. The maximum absolute atomic E-state index is 13.0. The molecule has 2 amide bonds. The number of amides is 2. The fourth-order valence-corrected chi connectivity index (χ4v) is 5.47. The zero-order valence-electron chi connectivity index (χ0n) is 17.2. The van der Waals surface area contributed by atoms with E-state index in [1.54, 1.807) is 49.6 Å². The third kappa shape index (κ3) is 6.32. The molecule has 1 aliphatic rings. The van der Waals surface area contributed by atoms with E-state index in [2.05, 4.69) is 9.71 Å². The second kappa shape index (κ2) is 11.0. The topological polar surface area (TPSA) is 105 Å². The van der Waals surface area contributed by atoms with Crippen molar-refractivity contribution in [1.82, 2.24) is 4.90 Å².